The van der Waals surface area contributed by atoms with Crippen molar-refractivity contribution in [3.8, 4) is 0 Å². The highest BCUT2D eigenvalue weighted by Crippen LogP contribution is 2.28. The van der Waals surface area contributed by atoms with Gasteiger partial charge in [-0.1, -0.05) is 16.5 Å². The van der Waals surface area contributed by atoms with E-state index in [-0.39, 0.29) is 24.9 Å². The maximum Gasteiger partial charge on any atom is 0.414 e. The Hall–Kier alpha value is -2.88. The van der Waals surface area contributed by atoms with Gasteiger partial charge in [-0.25, -0.2) is 4.79 Å². The Balaban J connectivity index is 1.86. The van der Waals surface area contributed by atoms with Gasteiger partial charge in [-0.2, -0.15) is 0 Å². The molecule has 0 bridgehead atoms. The van der Waals surface area contributed by atoms with Crippen molar-refractivity contribution in [2.24, 2.45) is 5.16 Å². The third-order valence-corrected chi connectivity index (χ3v) is 5.61. The van der Waals surface area contributed by atoms with E-state index in [1.807, 2.05) is 36.6 Å². The molecule has 0 N–H and O–H groups in total. The van der Waals surface area contributed by atoms with Crippen molar-refractivity contribution in [3.05, 3.63) is 23.0 Å². The number of anilines is 1. The summed E-state index contributed by atoms with van der Waals surface area (Å²) < 4.78 is 8.38. The Labute approximate surface area is 172 Å². The molecular weight excluding hydrogens is 396 g/mol. The van der Waals surface area contributed by atoms with Crippen molar-refractivity contribution in [1.29, 1.82) is 0 Å². The molecule has 1 aromatic carbocycles. The molecule has 29 heavy (non-hydrogen) atoms. The van der Waals surface area contributed by atoms with Gasteiger partial charge in [0.2, 0.25) is 16.6 Å². The summed E-state index contributed by atoms with van der Waals surface area (Å²) in [7, 11) is 0. The molecule has 1 saturated heterocycles. The molecule has 3 amide bonds. The zero-order valence-corrected chi connectivity index (χ0v) is 17.7. The van der Waals surface area contributed by atoms with Gasteiger partial charge in [-0.15, -0.1) is 0 Å². The van der Waals surface area contributed by atoms with E-state index in [2.05, 4.69) is 5.16 Å². The second-order valence-electron chi connectivity index (χ2n) is 6.55. The number of nitrogens with zero attached hydrogens (tertiary/aromatic N) is 4. The molecule has 2 aromatic rings. The monoisotopic (exact) mass is 420 g/mol. The Morgan fingerprint density at radius 3 is 2.66 bits per heavy atom. The highest BCUT2D eigenvalue weighted by Gasteiger charge is 2.35. The fraction of sp³-hybridized carbons (Fsp3) is 0.474. The predicted octanol–water partition coefficient (Wildman–Crippen LogP) is 2.30. The van der Waals surface area contributed by atoms with Crippen LogP contribution < -0.4 is 9.70 Å². The first-order valence-corrected chi connectivity index (χ1v) is 10.2. The van der Waals surface area contributed by atoms with Gasteiger partial charge in [0.25, 0.3) is 0 Å². The van der Waals surface area contributed by atoms with Crippen molar-refractivity contribution in [2.75, 3.05) is 24.6 Å². The molecule has 1 aliphatic rings. The van der Waals surface area contributed by atoms with E-state index in [0.29, 0.717) is 12.3 Å². The van der Waals surface area contributed by atoms with E-state index in [0.717, 1.165) is 26.5 Å². The smallest absolute Gasteiger partial charge is 0.414 e. The largest absolute Gasteiger partial charge is 0.442 e. The number of benzene rings is 1. The number of fused-ring (bicyclic) bond motifs is 1. The molecule has 156 valence electrons. The minimum absolute atomic E-state index is 0.0430. The first-order valence-electron chi connectivity index (χ1n) is 9.41. The molecule has 0 aliphatic carbocycles. The number of aryl methyl sites for hydroxylation is 1. The molecule has 1 aliphatic heterocycles. The van der Waals surface area contributed by atoms with Crippen LogP contribution in [0.1, 0.15) is 27.7 Å². The van der Waals surface area contributed by atoms with Crippen LogP contribution in [0, 0.1) is 0 Å². The Bertz CT molecular complexity index is 998. The van der Waals surface area contributed by atoms with Crippen LogP contribution in [0.25, 0.3) is 10.2 Å². The SMILES string of the molecule is CCON=c1sc2cc(N3C[C@H](CN(C(C)=O)C(C)=O)OC3=O)ccc2n1CC. The summed E-state index contributed by atoms with van der Waals surface area (Å²) >= 11 is 1.48. The number of carbonyl (C=O) groups is 3. The number of rotatable bonds is 6. The van der Waals surface area contributed by atoms with Crippen molar-refractivity contribution in [3.63, 3.8) is 0 Å². The highest BCUT2D eigenvalue weighted by molar-refractivity contribution is 7.16. The lowest BCUT2D eigenvalue weighted by atomic mass is 10.2. The van der Waals surface area contributed by atoms with Gasteiger partial charge in [0, 0.05) is 26.1 Å². The topological polar surface area (TPSA) is 93.4 Å². The molecule has 1 aromatic heterocycles. The summed E-state index contributed by atoms with van der Waals surface area (Å²) in [6.45, 7) is 8.07. The minimum Gasteiger partial charge on any atom is -0.442 e. The Kier molecular flexibility index (Phi) is 6.21. The van der Waals surface area contributed by atoms with Crippen LogP contribution in [0.3, 0.4) is 0 Å². The molecule has 2 heterocycles. The molecule has 0 radical (unpaired) electrons. The lowest BCUT2D eigenvalue weighted by molar-refractivity contribution is -0.143. The van der Waals surface area contributed by atoms with Crippen molar-refractivity contribution in [2.45, 2.75) is 40.3 Å². The van der Waals surface area contributed by atoms with E-state index in [9.17, 15) is 14.4 Å². The fourth-order valence-corrected chi connectivity index (χ4v) is 4.32. The van der Waals surface area contributed by atoms with E-state index >= 15 is 0 Å². The molecule has 0 spiro atoms. The van der Waals surface area contributed by atoms with Crippen LogP contribution >= 0.6 is 11.3 Å². The fourth-order valence-electron chi connectivity index (χ4n) is 3.24. The number of amides is 3. The average Bonchev–Trinajstić information content (AvgIpc) is 3.22. The second-order valence-corrected chi connectivity index (χ2v) is 7.56. The summed E-state index contributed by atoms with van der Waals surface area (Å²) in [5.74, 6) is -0.747. The summed E-state index contributed by atoms with van der Waals surface area (Å²) in [6, 6.07) is 5.70. The van der Waals surface area contributed by atoms with Gasteiger partial charge in [0.05, 0.1) is 23.3 Å². The van der Waals surface area contributed by atoms with Crippen LogP contribution in [-0.2, 0) is 25.7 Å². The Morgan fingerprint density at radius 2 is 2.03 bits per heavy atom. The first kappa shape index (κ1) is 20.8. The van der Waals surface area contributed by atoms with Crippen molar-refractivity contribution >= 4 is 45.1 Å². The number of hydrogen-bond acceptors (Lipinski definition) is 7. The van der Waals surface area contributed by atoms with Gasteiger partial charge >= 0.3 is 6.09 Å². The molecule has 0 saturated carbocycles. The minimum atomic E-state index is -0.571. The second kappa shape index (κ2) is 8.64. The molecular formula is C19H24N4O5S. The summed E-state index contributed by atoms with van der Waals surface area (Å²) in [5.41, 5.74) is 1.69. The van der Waals surface area contributed by atoms with Gasteiger partial charge in [0.15, 0.2) is 0 Å². The number of imide groups is 1. The number of thiazole rings is 1. The third kappa shape index (κ3) is 4.26. The van der Waals surface area contributed by atoms with Gasteiger partial charge < -0.3 is 14.1 Å². The van der Waals surface area contributed by atoms with E-state index in [1.54, 1.807) is 0 Å². The van der Waals surface area contributed by atoms with Gasteiger partial charge in [-0.05, 0) is 32.0 Å². The molecule has 1 fully saturated rings. The van der Waals surface area contributed by atoms with E-state index < -0.39 is 12.2 Å². The average molecular weight is 420 g/mol. The quantitative estimate of drug-likeness (QED) is 0.669. The van der Waals surface area contributed by atoms with Crippen LogP contribution in [0.15, 0.2) is 23.4 Å². The van der Waals surface area contributed by atoms with Crippen LogP contribution in [0.4, 0.5) is 10.5 Å². The lowest BCUT2D eigenvalue weighted by Gasteiger charge is -2.20. The third-order valence-electron chi connectivity index (χ3n) is 4.59. The van der Waals surface area contributed by atoms with Crippen LogP contribution in [0.2, 0.25) is 0 Å². The van der Waals surface area contributed by atoms with Gasteiger partial charge in [-0.3, -0.25) is 19.4 Å². The van der Waals surface area contributed by atoms with Crippen LogP contribution in [-0.4, -0.2) is 53.2 Å². The standard InChI is InChI=1S/C19H24N4O5S/c1-5-21-16-8-7-14(9-17(16)29-18(21)20-27-6-2)23-11-15(28-19(23)26)10-22(12(3)24)13(4)25/h7-9,15H,5-6,10-11H2,1-4H3/t15-/m0/s1. The van der Waals surface area contributed by atoms with Crippen LogP contribution in [0.5, 0.6) is 0 Å². The lowest BCUT2D eigenvalue weighted by Crippen LogP contribution is -2.40. The Morgan fingerprint density at radius 1 is 1.31 bits per heavy atom. The van der Waals surface area contributed by atoms with Gasteiger partial charge in [0.1, 0.15) is 12.7 Å². The van der Waals surface area contributed by atoms with Crippen molar-refractivity contribution in [1.82, 2.24) is 9.47 Å². The van der Waals surface area contributed by atoms with E-state index in [1.165, 1.54) is 30.1 Å². The molecule has 1 atom stereocenters. The van der Waals surface area contributed by atoms with E-state index in [4.69, 9.17) is 9.57 Å². The maximum atomic E-state index is 12.4. The highest BCUT2D eigenvalue weighted by atomic mass is 32.1. The molecule has 10 heteroatoms. The number of ether oxygens (including phenoxy) is 1. The molecule has 0 unspecified atom stereocenters. The first-order chi connectivity index (χ1) is 13.8. The molecule has 9 nitrogen and oxygen atoms in total. The number of cyclic esters (lactones) is 1. The molecule has 3 rings (SSSR count). The maximum absolute atomic E-state index is 12.4. The number of carbonyl (C=O) groups excluding carboxylic acids is 3. The number of hydrogen-bond donors (Lipinski definition) is 0. The number of aromatic nitrogens is 1. The summed E-state index contributed by atoms with van der Waals surface area (Å²) in [6.07, 6.45) is -1.07. The van der Waals surface area contributed by atoms with Crippen molar-refractivity contribution < 1.29 is 24.0 Å². The zero-order chi connectivity index (χ0) is 21.1. The zero-order valence-electron chi connectivity index (χ0n) is 16.9. The predicted molar refractivity (Wildman–Crippen MR) is 108 cm³/mol. The normalized spacial score (nSPS) is 17.0. The summed E-state index contributed by atoms with van der Waals surface area (Å²) in [5, 5.41) is 4.16. The summed E-state index contributed by atoms with van der Waals surface area (Å²) in [4.78, 5) is 44.2.